The summed E-state index contributed by atoms with van der Waals surface area (Å²) < 4.78 is 28.0. The number of nitrogens with zero attached hydrogens (tertiary/aromatic N) is 2. The number of nitriles is 1. The van der Waals surface area contributed by atoms with E-state index in [1.54, 1.807) is 25.2 Å². The summed E-state index contributed by atoms with van der Waals surface area (Å²) >= 11 is 0. The molecule has 0 aromatic heterocycles. The second-order valence-electron chi connectivity index (χ2n) is 6.46. The van der Waals surface area contributed by atoms with Crippen LogP contribution in [0.1, 0.15) is 29.5 Å². The maximum absolute atomic E-state index is 14.1. The molecule has 1 fully saturated rings. The zero-order valence-corrected chi connectivity index (χ0v) is 17.3. The van der Waals surface area contributed by atoms with Gasteiger partial charge in [-0.15, -0.1) is 24.0 Å². The summed E-state index contributed by atoms with van der Waals surface area (Å²) in [6.07, 6.45) is 1.84. The van der Waals surface area contributed by atoms with Crippen LogP contribution in [0.3, 0.4) is 0 Å². The van der Waals surface area contributed by atoms with Gasteiger partial charge in [0.2, 0.25) is 0 Å². The first-order chi connectivity index (χ1) is 12.6. The zero-order valence-electron chi connectivity index (χ0n) is 14.9. The summed E-state index contributed by atoms with van der Waals surface area (Å²) in [6.45, 7) is 0.799. The van der Waals surface area contributed by atoms with Gasteiger partial charge >= 0.3 is 0 Å². The Balaban J connectivity index is 0.00000261. The molecule has 0 amide bonds. The van der Waals surface area contributed by atoms with Crippen molar-refractivity contribution >= 4 is 29.9 Å². The van der Waals surface area contributed by atoms with E-state index in [1.807, 2.05) is 18.2 Å². The lowest BCUT2D eigenvalue weighted by Gasteiger charge is -2.19. The number of benzene rings is 2. The molecule has 0 spiro atoms. The number of hydrogen-bond donors (Lipinski definition) is 2. The molecule has 27 heavy (non-hydrogen) atoms. The summed E-state index contributed by atoms with van der Waals surface area (Å²) in [5.74, 6) is -0.0946. The van der Waals surface area contributed by atoms with E-state index in [0.717, 1.165) is 18.4 Å². The standard InChI is InChI=1S/C20H20F2N4.HI/c1-24-19(25-12-15-7-6-14(11-23)10-18(15)22)26-13-20(8-9-20)16-4-2-3-5-17(16)21;/h2-7,10H,8-9,12-13H2,1H3,(H2,24,25,26);1H. The molecule has 2 aromatic rings. The average molecular weight is 482 g/mol. The minimum atomic E-state index is -0.433. The van der Waals surface area contributed by atoms with E-state index in [4.69, 9.17) is 5.26 Å². The molecule has 0 saturated heterocycles. The molecule has 2 N–H and O–H groups in total. The van der Waals surface area contributed by atoms with E-state index >= 15 is 0 Å². The monoisotopic (exact) mass is 482 g/mol. The summed E-state index contributed by atoms with van der Waals surface area (Å²) in [4.78, 5) is 4.14. The molecule has 0 atom stereocenters. The van der Waals surface area contributed by atoms with Gasteiger partial charge in [-0.2, -0.15) is 5.26 Å². The van der Waals surface area contributed by atoms with Crippen LogP contribution in [0.15, 0.2) is 47.5 Å². The van der Waals surface area contributed by atoms with Crippen molar-refractivity contribution in [1.29, 1.82) is 5.26 Å². The van der Waals surface area contributed by atoms with Gasteiger partial charge in [0.1, 0.15) is 11.6 Å². The fraction of sp³-hybridized carbons (Fsp3) is 0.300. The van der Waals surface area contributed by atoms with Gasteiger partial charge < -0.3 is 10.6 Å². The predicted octanol–water partition coefficient (Wildman–Crippen LogP) is 3.85. The summed E-state index contributed by atoms with van der Waals surface area (Å²) in [5.41, 5.74) is 1.25. The van der Waals surface area contributed by atoms with Crippen molar-refractivity contribution in [2.24, 2.45) is 4.99 Å². The van der Waals surface area contributed by atoms with Crippen molar-refractivity contribution in [3.05, 3.63) is 70.8 Å². The van der Waals surface area contributed by atoms with E-state index in [0.29, 0.717) is 18.1 Å². The lowest BCUT2D eigenvalue weighted by Crippen LogP contribution is -2.41. The van der Waals surface area contributed by atoms with Crippen LogP contribution < -0.4 is 10.6 Å². The molecule has 1 aliphatic carbocycles. The van der Waals surface area contributed by atoms with Crippen LogP contribution in [-0.2, 0) is 12.0 Å². The predicted molar refractivity (Wildman–Crippen MR) is 112 cm³/mol. The Morgan fingerprint density at radius 3 is 2.48 bits per heavy atom. The van der Waals surface area contributed by atoms with E-state index in [1.165, 1.54) is 12.1 Å². The highest BCUT2D eigenvalue weighted by molar-refractivity contribution is 14.0. The first-order valence-corrected chi connectivity index (χ1v) is 8.46. The van der Waals surface area contributed by atoms with Gasteiger partial charge in [-0.25, -0.2) is 8.78 Å². The third kappa shape index (κ3) is 4.95. The fourth-order valence-electron chi connectivity index (χ4n) is 3.00. The first kappa shape index (κ1) is 21.1. The molecule has 1 aliphatic rings. The topological polar surface area (TPSA) is 60.2 Å². The number of rotatable bonds is 5. The van der Waals surface area contributed by atoms with Gasteiger partial charge in [0.15, 0.2) is 5.96 Å². The molecule has 142 valence electrons. The Labute approximate surface area is 174 Å². The number of nitrogens with one attached hydrogen (secondary N) is 2. The fourth-order valence-corrected chi connectivity index (χ4v) is 3.00. The molecule has 0 bridgehead atoms. The van der Waals surface area contributed by atoms with Crippen molar-refractivity contribution in [3.8, 4) is 6.07 Å². The van der Waals surface area contributed by atoms with Gasteiger partial charge in [-0.05, 0) is 36.6 Å². The van der Waals surface area contributed by atoms with Crippen LogP contribution in [0.5, 0.6) is 0 Å². The summed E-state index contributed by atoms with van der Waals surface area (Å²) in [5, 5.41) is 15.0. The molecule has 0 unspecified atom stereocenters. The van der Waals surface area contributed by atoms with Gasteiger partial charge in [0.25, 0.3) is 0 Å². The van der Waals surface area contributed by atoms with Crippen molar-refractivity contribution in [2.45, 2.75) is 24.8 Å². The van der Waals surface area contributed by atoms with Gasteiger partial charge in [-0.3, -0.25) is 4.99 Å². The van der Waals surface area contributed by atoms with Crippen molar-refractivity contribution < 1.29 is 8.78 Å². The Morgan fingerprint density at radius 1 is 1.15 bits per heavy atom. The van der Waals surface area contributed by atoms with Crippen molar-refractivity contribution in [3.63, 3.8) is 0 Å². The number of aliphatic imine (C=N–C) groups is 1. The Hall–Kier alpha value is -2.21. The van der Waals surface area contributed by atoms with E-state index < -0.39 is 5.82 Å². The molecule has 3 rings (SSSR count). The largest absolute Gasteiger partial charge is 0.356 e. The molecule has 7 heteroatoms. The van der Waals surface area contributed by atoms with Crippen LogP contribution in [0.2, 0.25) is 0 Å². The zero-order chi connectivity index (χ0) is 18.6. The third-order valence-corrected chi connectivity index (χ3v) is 4.75. The van der Waals surface area contributed by atoms with E-state index in [9.17, 15) is 8.78 Å². The van der Waals surface area contributed by atoms with Crippen LogP contribution in [0.25, 0.3) is 0 Å². The molecule has 4 nitrogen and oxygen atoms in total. The molecule has 0 aliphatic heterocycles. The minimum absolute atomic E-state index is 0. The van der Waals surface area contributed by atoms with E-state index in [2.05, 4.69) is 15.6 Å². The number of hydrogen-bond acceptors (Lipinski definition) is 2. The number of halogens is 3. The Morgan fingerprint density at radius 2 is 1.89 bits per heavy atom. The van der Waals surface area contributed by atoms with Crippen LogP contribution in [0, 0.1) is 23.0 Å². The second kappa shape index (κ2) is 9.13. The van der Waals surface area contributed by atoms with Gasteiger partial charge in [0, 0.05) is 31.1 Å². The quantitative estimate of drug-likeness (QED) is 0.387. The molecule has 0 radical (unpaired) electrons. The average Bonchev–Trinajstić information content (AvgIpc) is 3.44. The van der Waals surface area contributed by atoms with Crippen LogP contribution in [-0.4, -0.2) is 19.6 Å². The molecular weight excluding hydrogens is 461 g/mol. The summed E-state index contributed by atoms with van der Waals surface area (Å²) in [6, 6.07) is 13.1. The normalized spacial score (nSPS) is 14.7. The van der Waals surface area contributed by atoms with E-state index in [-0.39, 0.29) is 47.3 Å². The SMILES string of the molecule is CN=C(NCc1ccc(C#N)cc1F)NCC1(c2ccccc2F)CC1.I. The maximum Gasteiger partial charge on any atom is 0.191 e. The second-order valence-corrected chi connectivity index (χ2v) is 6.46. The minimum Gasteiger partial charge on any atom is -0.356 e. The molecule has 1 saturated carbocycles. The lowest BCUT2D eigenvalue weighted by molar-refractivity contribution is 0.559. The smallest absolute Gasteiger partial charge is 0.191 e. The van der Waals surface area contributed by atoms with Gasteiger partial charge in [0.05, 0.1) is 11.6 Å². The van der Waals surface area contributed by atoms with Crippen LogP contribution in [0.4, 0.5) is 8.78 Å². The molecular formula is C20H21F2IN4. The lowest BCUT2D eigenvalue weighted by atomic mass is 9.95. The Kier molecular flexibility index (Phi) is 7.13. The first-order valence-electron chi connectivity index (χ1n) is 8.46. The van der Waals surface area contributed by atoms with Crippen molar-refractivity contribution in [1.82, 2.24) is 10.6 Å². The highest BCUT2D eigenvalue weighted by Gasteiger charge is 2.45. The third-order valence-electron chi connectivity index (χ3n) is 4.75. The highest BCUT2D eigenvalue weighted by atomic mass is 127. The Bertz CT molecular complexity index is 873. The van der Waals surface area contributed by atoms with Crippen LogP contribution >= 0.6 is 24.0 Å². The van der Waals surface area contributed by atoms with Gasteiger partial charge in [-0.1, -0.05) is 24.3 Å². The molecule has 0 heterocycles. The molecule has 2 aromatic carbocycles. The van der Waals surface area contributed by atoms with Crippen molar-refractivity contribution in [2.75, 3.05) is 13.6 Å². The highest BCUT2D eigenvalue weighted by Crippen LogP contribution is 2.48. The maximum atomic E-state index is 14.1. The summed E-state index contributed by atoms with van der Waals surface area (Å²) in [7, 11) is 1.63. The number of guanidine groups is 1.